The van der Waals surface area contributed by atoms with Gasteiger partial charge in [0.1, 0.15) is 5.04 Å². The molecule has 2 aliphatic rings. The Bertz CT molecular complexity index is 810. The second-order valence-corrected chi connectivity index (χ2v) is 7.58. The minimum absolute atomic E-state index is 0.108. The van der Waals surface area contributed by atoms with Crippen LogP contribution in [0.1, 0.15) is 56.6 Å². The zero-order chi connectivity index (χ0) is 18.5. The molecule has 26 heavy (non-hydrogen) atoms. The molecule has 0 spiro atoms. The first-order valence-corrected chi connectivity index (χ1v) is 9.96. The summed E-state index contributed by atoms with van der Waals surface area (Å²) in [5, 5.41) is 15.9. The van der Waals surface area contributed by atoms with Crippen LogP contribution < -0.4 is 0 Å². The quantitative estimate of drug-likeness (QED) is 0.545. The first-order chi connectivity index (χ1) is 12.6. The molecule has 1 aromatic rings. The molecular formula is C20H24N4OS. The SMILES string of the molecule is CCCCCCCC1=NN2C(=N)/C(=C/c3ccccc3C)C(=O)N=C2S1. The van der Waals surface area contributed by atoms with E-state index in [9.17, 15) is 4.79 Å². The summed E-state index contributed by atoms with van der Waals surface area (Å²) in [5.41, 5.74) is 2.27. The molecule has 136 valence electrons. The van der Waals surface area contributed by atoms with Crippen LogP contribution in [0.25, 0.3) is 6.08 Å². The van der Waals surface area contributed by atoms with Crippen LogP contribution in [0.4, 0.5) is 0 Å². The summed E-state index contributed by atoms with van der Waals surface area (Å²) in [7, 11) is 0. The molecule has 1 amide bonds. The number of aryl methyl sites for hydroxylation is 1. The molecule has 6 heteroatoms. The predicted molar refractivity (Wildman–Crippen MR) is 110 cm³/mol. The second-order valence-electron chi connectivity index (χ2n) is 6.53. The van der Waals surface area contributed by atoms with E-state index in [0.29, 0.717) is 5.17 Å². The third-order valence-electron chi connectivity index (χ3n) is 4.48. The van der Waals surface area contributed by atoms with Crippen molar-refractivity contribution in [1.82, 2.24) is 5.01 Å². The highest BCUT2D eigenvalue weighted by Gasteiger charge is 2.35. The molecule has 1 N–H and O–H groups in total. The number of nitrogens with zero attached hydrogens (tertiary/aromatic N) is 3. The van der Waals surface area contributed by atoms with Crippen LogP contribution in [0, 0.1) is 12.3 Å². The van der Waals surface area contributed by atoms with Crippen LogP contribution >= 0.6 is 11.8 Å². The summed E-state index contributed by atoms with van der Waals surface area (Å²) in [6, 6.07) is 7.80. The van der Waals surface area contributed by atoms with E-state index < -0.39 is 0 Å². The van der Waals surface area contributed by atoms with Gasteiger partial charge in [0.15, 0.2) is 5.84 Å². The van der Waals surface area contributed by atoms with Crippen LogP contribution in [0.15, 0.2) is 39.9 Å². The van der Waals surface area contributed by atoms with E-state index in [2.05, 4.69) is 17.0 Å². The molecule has 0 fully saturated rings. The average Bonchev–Trinajstić information content (AvgIpc) is 3.03. The molecule has 2 heterocycles. The molecular weight excluding hydrogens is 344 g/mol. The molecule has 0 radical (unpaired) electrons. The van der Waals surface area contributed by atoms with Crippen molar-refractivity contribution in [1.29, 1.82) is 5.41 Å². The molecule has 0 atom stereocenters. The van der Waals surface area contributed by atoms with Crippen molar-refractivity contribution in [2.45, 2.75) is 52.4 Å². The lowest BCUT2D eigenvalue weighted by molar-refractivity contribution is -0.114. The Morgan fingerprint density at radius 3 is 2.73 bits per heavy atom. The van der Waals surface area contributed by atoms with Crippen LogP contribution in [0.3, 0.4) is 0 Å². The molecule has 1 aromatic carbocycles. The predicted octanol–water partition coefficient (Wildman–Crippen LogP) is 4.97. The topological polar surface area (TPSA) is 68.9 Å². The van der Waals surface area contributed by atoms with E-state index in [-0.39, 0.29) is 17.3 Å². The van der Waals surface area contributed by atoms with Crippen LogP contribution in [0.5, 0.6) is 0 Å². The Morgan fingerprint density at radius 1 is 1.19 bits per heavy atom. The Balaban J connectivity index is 1.73. The average molecular weight is 369 g/mol. The van der Waals surface area contributed by atoms with Crippen molar-refractivity contribution in [3.63, 3.8) is 0 Å². The molecule has 0 bridgehead atoms. The van der Waals surface area contributed by atoms with Crippen LogP contribution in [0.2, 0.25) is 0 Å². The number of amidine groups is 2. The number of thioether (sulfide) groups is 1. The smallest absolute Gasteiger partial charge is 0.282 e. The lowest BCUT2D eigenvalue weighted by Crippen LogP contribution is -2.35. The Morgan fingerprint density at radius 2 is 1.96 bits per heavy atom. The number of hydrogen-bond acceptors (Lipinski definition) is 4. The van der Waals surface area contributed by atoms with Crippen molar-refractivity contribution in [2.75, 3.05) is 0 Å². The second kappa shape index (κ2) is 8.45. The normalized spacial score (nSPS) is 18.2. The summed E-state index contributed by atoms with van der Waals surface area (Å²) in [5.74, 6) is -0.256. The van der Waals surface area contributed by atoms with Gasteiger partial charge in [0.05, 0.1) is 5.57 Å². The maximum atomic E-state index is 12.4. The Hall–Kier alpha value is -2.21. The zero-order valence-electron chi connectivity index (χ0n) is 15.3. The molecule has 3 rings (SSSR count). The number of carbonyl (C=O) groups is 1. The van der Waals surface area contributed by atoms with E-state index in [4.69, 9.17) is 5.41 Å². The van der Waals surface area contributed by atoms with E-state index in [1.165, 1.54) is 42.5 Å². The molecule has 0 unspecified atom stereocenters. The third-order valence-corrected chi connectivity index (χ3v) is 5.45. The summed E-state index contributed by atoms with van der Waals surface area (Å²) < 4.78 is 0. The van der Waals surface area contributed by atoms with Gasteiger partial charge in [0, 0.05) is 0 Å². The van der Waals surface area contributed by atoms with Gasteiger partial charge in [-0.1, -0.05) is 56.9 Å². The fourth-order valence-corrected chi connectivity index (χ4v) is 3.84. The maximum absolute atomic E-state index is 12.4. The van der Waals surface area contributed by atoms with Crippen molar-refractivity contribution in [3.8, 4) is 0 Å². The van der Waals surface area contributed by atoms with Gasteiger partial charge in [0.2, 0.25) is 5.17 Å². The lowest BCUT2D eigenvalue weighted by atomic mass is 10.0. The number of hydrazone groups is 1. The van der Waals surface area contributed by atoms with Gasteiger partial charge < -0.3 is 0 Å². The first kappa shape index (κ1) is 18.6. The molecule has 2 aliphatic heterocycles. The van der Waals surface area contributed by atoms with Gasteiger partial charge >= 0.3 is 0 Å². The number of aliphatic imine (C=N–C) groups is 1. The summed E-state index contributed by atoms with van der Waals surface area (Å²) in [6.45, 7) is 4.19. The van der Waals surface area contributed by atoms with Crippen LogP contribution in [-0.4, -0.2) is 27.0 Å². The highest BCUT2D eigenvalue weighted by Crippen LogP contribution is 2.30. The van der Waals surface area contributed by atoms with Crippen molar-refractivity contribution in [2.24, 2.45) is 10.1 Å². The highest BCUT2D eigenvalue weighted by molar-refractivity contribution is 8.26. The van der Waals surface area contributed by atoms with E-state index >= 15 is 0 Å². The molecule has 0 saturated carbocycles. The van der Waals surface area contributed by atoms with Crippen molar-refractivity contribution >= 4 is 39.8 Å². The third kappa shape index (κ3) is 4.12. The fraction of sp³-hybridized carbons (Fsp3) is 0.400. The summed E-state index contributed by atoms with van der Waals surface area (Å²) in [6.07, 6.45) is 8.64. The first-order valence-electron chi connectivity index (χ1n) is 9.15. The number of amides is 1. The maximum Gasteiger partial charge on any atom is 0.283 e. The lowest BCUT2D eigenvalue weighted by Gasteiger charge is -2.20. The number of unbranched alkanes of at least 4 members (excludes halogenated alkanes) is 4. The van der Waals surface area contributed by atoms with E-state index in [0.717, 1.165) is 29.0 Å². The number of carbonyl (C=O) groups excluding carboxylic acids is 1. The zero-order valence-corrected chi connectivity index (χ0v) is 16.1. The Labute approximate surface area is 158 Å². The fourth-order valence-electron chi connectivity index (χ4n) is 2.92. The van der Waals surface area contributed by atoms with E-state index in [1.807, 2.05) is 31.2 Å². The molecule has 0 aromatic heterocycles. The minimum atomic E-state index is -0.364. The number of rotatable bonds is 7. The molecule has 0 saturated heterocycles. The number of fused-ring (bicyclic) bond motifs is 1. The largest absolute Gasteiger partial charge is 0.283 e. The molecule has 5 nitrogen and oxygen atoms in total. The minimum Gasteiger partial charge on any atom is -0.282 e. The van der Waals surface area contributed by atoms with Gasteiger partial charge in [0.25, 0.3) is 5.91 Å². The summed E-state index contributed by atoms with van der Waals surface area (Å²) >= 11 is 1.41. The number of hydrogen-bond donors (Lipinski definition) is 1. The standard InChI is InChI=1S/C20H24N4OS/c1-3-4-5-6-7-12-17-23-24-18(21)16(19(25)22-20(24)26-17)13-15-11-9-8-10-14(15)2/h8-11,13,21H,3-7,12H2,1-2H3/b16-13-,21-18?. The van der Waals surface area contributed by atoms with Gasteiger partial charge in [-0.15, -0.1) is 0 Å². The monoisotopic (exact) mass is 368 g/mol. The molecule has 0 aliphatic carbocycles. The van der Waals surface area contributed by atoms with Crippen LogP contribution in [-0.2, 0) is 4.79 Å². The summed E-state index contributed by atoms with van der Waals surface area (Å²) in [4.78, 5) is 16.6. The number of nitrogens with one attached hydrogen (secondary N) is 1. The van der Waals surface area contributed by atoms with Gasteiger partial charge in [-0.25, -0.2) is 0 Å². The van der Waals surface area contributed by atoms with Gasteiger partial charge in [-0.2, -0.15) is 15.1 Å². The van der Waals surface area contributed by atoms with E-state index in [1.54, 1.807) is 6.08 Å². The highest BCUT2D eigenvalue weighted by atomic mass is 32.2. The van der Waals surface area contributed by atoms with Crippen molar-refractivity contribution < 1.29 is 4.79 Å². The van der Waals surface area contributed by atoms with Crippen molar-refractivity contribution in [3.05, 3.63) is 41.0 Å². The van der Waals surface area contributed by atoms with Gasteiger partial charge in [-0.05, 0) is 48.7 Å². The number of benzene rings is 1. The Kier molecular flexibility index (Phi) is 6.04. The van der Waals surface area contributed by atoms with Gasteiger partial charge in [-0.3, -0.25) is 10.2 Å².